The van der Waals surface area contributed by atoms with Gasteiger partial charge in [0.2, 0.25) is 0 Å². The van der Waals surface area contributed by atoms with Crippen molar-refractivity contribution in [3.8, 4) is 0 Å². The Bertz CT molecular complexity index is 405. The molecule has 0 bridgehead atoms. The van der Waals surface area contributed by atoms with Crippen LogP contribution in [0.5, 0.6) is 0 Å². The van der Waals surface area contributed by atoms with Crippen LogP contribution in [0, 0.1) is 0 Å². The normalized spacial score (nSPS) is 16.3. The van der Waals surface area contributed by atoms with Crippen LogP contribution < -0.4 is 16.3 Å². The second kappa shape index (κ2) is 5.31. The molecule has 0 aliphatic carbocycles. The number of hydrogen-bond donors (Lipinski definition) is 4. The lowest BCUT2D eigenvalue weighted by atomic mass is 10.2. The monoisotopic (exact) mass is 252 g/mol. The number of hydrogen-bond acceptors (Lipinski definition) is 5. The first-order valence-electron chi connectivity index (χ1n) is 4.79. The van der Waals surface area contributed by atoms with Crippen LogP contribution in [-0.4, -0.2) is 10.2 Å². The Balaban J connectivity index is 1.88. The van der Waals surface area contributed by atoms with Gasteiger partial charge in [-0.15, -0.1) is 12.6 Å². The van der Waals surface area contributed by atoms with E-state index >= 15 is 0 Å². The molecule has 1 heterocycles. The molecule has 84 valence electrons. The number of rotatable bonds is 3. The average molecular weight is 252 g/mol. The minimum atomic E-state index is 0.615. The molecule has 0 saturated heterocycles. The first-order chi connectivity index (χ1) is 7.74. The second-order valence-corrected chi connectivity index (χ2v) is 4.19. The Morgan fingerprint density at radius 3 is 2.69 bits per heavy atom. The topological polar surface area (TPSA) is 39.3 Å². The molecule has 1 aromatic carbocycles. The predicted molar refractivity (Wildman–Crippen MR) is 71.1 cm³/mol. The van der Waals surface area contributed by atoms with E-state index in [1.165, 1.54) is 5.56 Å². The Hall–Kier alpha value is -1.08. The first-order valence-corrected chi connectivity index (χ1v) is 5.65. The third kappa shape index (κ3) is 3.21. The maximum atomic E-state index is 5.03. The van der Waals surface area contributed by atoms with Crippen molar-refractivity contribution >= 4 is 29.8 Å². The summed E-state index contributed by atoms with van der Waals surface area (Å²) >= 11 is 9.23. The highest BCUT2D eigenvalue weighted by atomic mass is 32.1. The van der Waals surface area contributed by atoms with Crippen molar-refractivity contribution in [2.24, 2.45) is 0 Å². The Morgan fingerprint density at radius 1 is 1.25 bits per heavy atom. The molecular formula is C10H12N4S2. The number of thiol groups is 1. The van der Waals surface area contributed by atoms with E-state index in [1.807, 2.05) is 30.3 Å². The van der Waals surface area contributed by atoms with Gasteiger partial charge < -0.3 is 0 Å². The molecule has 0 amide bonds. The molecule has 0 radical (unpaired) electrons. The fraction of sp³-hybridized carbons (Fsp3) is 0.100. The lowest BCUT2D eigenvalue weighted by Gasteiger charge is -2.28. The summed E-state index contributed by atoms with van der Waals surface area (Å²) < 4.78 is 0. The lowest BCUT2D eigenvalue weighted by Crippen LogP contribution is -2.58. The standard InChI is InChI=1S/C10H12N4S2/c15-9-6-10(16)13-14(12-9)11-7-8-4-2-1-3-5-8/h1-6,11-12,15H,7H2,(H,13,16). The highest BCUT2D eigenvalue weighted by Crippen LogP contribution is 2.02. The van der Waals surface area contributed by atoms with Crippen LogP contribution in [0.4, 0.5) is 0 Å². The van der Waals surface area contributed by atoms with E-state index in [1.54, 1.807) is 11.3 Å². The van der Waals surface area contributed by atoms with Crippen molar-refractivity contribution in [3.63, 3.8) is 0 Å². The predicted octanol–water partition coefficient (Wildman–Crippen LogP) is 1.11. The smallest absolute Gasteiger partial charge is 0.118 e. The van der Waals surface area contributed by atoms with Gasteiger partial charge in [-0.05, 0) is 5.56 Å². The van der Waals surface area contributed by atoms with Crippen LogP contribution >= 0.6 is 24.8 Å². The molecule has 1 aromatic rings. The van der Waals surface area contributed by atoms with E-state index in [2.05, 4.69) is 28.9 Å². The van der Waals surface area contributed by atoms with Gasteiger partial charge in [-0.25, -0.2) is 5.43 Å². The highest BCUT2D eigenvalue weighted by Gasteiger charge is 2.10. The third-order valence-electron chi connectivity index (χ3n) is 2.00. The number of thiocarbonyl (C=S) groups is 1. The van der Waals surface area contributed by atoms with Gasteiger partial charge >= 0.3 is 0 Å². The number of hydrazine groups is 3. The molecule has 1 aliphatic rings. The van der Waals surface area contributed by atoms with Crippen molar-refractivity contribution < 1.29 is 0 Å². The van der Waals surface area contributed by atoms with Crippen LogP contribution in [0.2, 0.25) is 0 Å². The van der Waals surface area contributed by atoms with Gasteiger partial charge in [-0.1, -0.05) is 47.8 Å². The summed E-state index contributed by atoms with van der Waals surface area (Å²) in [4.78, 5) is 0.615. The van der Waals surface area contributed by atoms with E-state index in [0.29, 0.717) is 16.6 Å². The van der Waals surface area contributed by atoms with E-state index in [9.17, 15) is 0 Å². The molecule has 6 heteroatoms. The molecule has 0 fully saturated rings. The molecule has 4 nitrogen and oxygen atoms in total. The summed E-state index contributed by atoms with van der Waals surface area (Å²) in [7, 11) is 0. The van der Waals surface area contributed by atoms with Gasteiger partial charge in [-0.2, -0.15) is 0 Å². The van der Waals surface area contributed by atoms with Crippen LogP contribution in [0.3, 0.4) is 0 Å². The average Bonchev–Trinajstić information content (AvgIpc) is 2.27. The van der Waals surface area contributed by atoms with Crippen LogP contribution in [0.15, 0.2) is 41.4 Å². The van der Waals surface area contributed by atoms with Crippen LogP contribution in [-0.2, 0) is 6.54 Å². The van der Waals surface area contributed by atoms with Crippen LogP contribution in [0.1, 0.15) is 5.56 Å². The lowest BCUT2D eigenvalue weighted by molar-refractivity contribution is 0.0959. The molecule has 0 atom stereocenters. The summed E-state index contributed by atoms with van der Waals surface area (Å²) in [6.45, 7) is 0.699. The zero-order valence-electron chi connectivity index (χ0n) is 8.47. The molecule has 0 saturated carbocycles. The molecule has 0 aromatic heterocycles. The fourth-order valence-corrected chi connectivity index (χ4v) is 1.81. The van der Waals surface area contributed by atoms with Gasteiger partial charge in [0.1, 0.15) is 4.99 Å². The molecule has 0 spiro atoms. The minimum absolute atomic E-state index is 0.615. The molecule has 0 unspecified atom stereocenters. The van der Waals surface area contributed by atoms with Crippen LogP contribution in [0.25, 0.3) is 0 Å². The van der Waals surface area contributed by atoms with Crippen molar-refractivity contribution in [2.75, 3.05) is 0 Å². The van der Waals surface area contributed by atoms with Crippen molar-refractivity contribution in [1.82, 2.24) is 21.5 Å². The maximum absolute atomic E-state index is 5.03. The molecule has 1 aliphatic heterocycles. The molecule has 3 N–H and O–H groups in total. The second-order valence-electron chi connectivity index (χ2n) is 3.27. The molecule has 16 heavy (non-hydrogen) atoms. The first kappa shape index (κ1) is 11.4. The number of benzene rings is 1. The van der Waals surface area contributed by atoms with Crippen molar-refractivity contribution in [2.45, 2.75) is 6.54 Å². The van der Waals surface area contributed by atoms with Gasteiger partial charge in [0, 0.05) is 12.6 Å². The van der Waals surface area contributed by atoms with Gasteiger partial charge in [0.15, 0.2) is 0 Å². The Morgan fingerprint density at radius 2 is 2.00 bits per heavy atom. The summed E-state index contributed by atoms with van der Waals surface area (Å²) in [5.74, 6) is 0. The van der Waals surface area contributed by atoms with Gasteiger partial charge in [0.25, 0.3) is 0 Å². The SMILES string of the molecule is S=C1C=C(S)NN(NCc2ccccc2)N1. The van der Waals surface area contributed by atoms with Gasteiger partial charge in [-0.3, -0.25) is 10.9 Å². The van der Waals surface area contributed by atoms with E-state index in [0.717, 1.165) is 0 Å². The number of nitrogens with one attached hydrogen (secondary N) is 3. The Kier molecular flexibility index (Phi) is 3.79. The Labute approximate surface area is 105 Å². The molecule has 2 rings (SSSR count). The summed E-state index contributed by atoms with van der Waals surface area (Å²) in [5.41, 5.74) is 10.2. The fourth-order valence-electron chi connectivity index (χ4n) is 1.29. The van der Waals surface area contributed by atoms with Crippen molar-refractivity contribution in [1.29, 1.82) is 0 Å². The maximum Gasteiger partial charge on any atom is 0.118 e. The van der Waals surface area contributed by atoms with Gasteiger partial charge in [0.05, 0.1) is 5.03 Å². The summed E-state index contributed by atoms with van der Waals surface area (Å²) in [6, 6.07) is 10.1. The number of nitrogens with zero attached hydrogens (tertiary/aromatic N) is 1. The quantitative estimate of drug-likeness (QED) is 0.479. The van der Waals surface area contributed by atoms with E-state index in [4.69, 9.17) is 12.2 Å². The molecular weight excluding hydrogens is 240 g/mol. The third-order valence-corrected chi connectivity index (χ3v) is 2.44. The van der Waals surface area contributed by atoms with E-state index < -0.39 is 0 Å². The minimum Gasteiger partial charge on any atom is -0.281 e. The summed E-state index contributed by atoms with van der Waals surface area (Å²) in [5, 5.41) is 2.29. The summed E-state index contributed by atoms with van der Waals surface area (Å²) in [6.07, 6.45) is 1.74. The van der Waals surface area contributed by atoms with E-state index in [-0.39, 0.29) is 0 Å². The largest absolute Gasteiger partial charge is 0.281 e. The van der Waals surface area contributed by atoms with Crippen molar-refractivity contribution in [3.05, 3.63) is 47.0 Å². The zero-order valence-corrected chi connectivity index (χ0v) is 10.2. The zero-order chi connectivity index (χ0) is 11.4. The highest BCUT2D eigenvalue weighted by molar-refractivity contribution is 7.84.